The Labute approximate surface area is 131 Å². The molecule has 0 bridgehead atoms. The zero-order valence-corrected chi connectivity index (χ0v) is 13.1. The number of hydrogen-bond acceptors (Lipinski definition) is 2. The summed E-state index contributed by atoms with van der Waals surface area (Å²) < 4.78 is 5.59. The van der Waals surface area contributed by atoms with E-state index >= 15 is 0 Å². The van der Waals surface area contributed by atoms with E-state index in [2.05, 4.69) is 67.4 Å². The molecule has 3 aromatic rings. The lowest BCUT2D eigenvalue weighted by Gasteiger charge is -2.13. The Kier molecular flexibility index (Phi) is 4.40. The molecule has 2 aromatic carbocycles. The maximum absolute atomic E-state index is 5.59. The Hall–Kier alpha value is -2.32. The average molecular weight is 291 g/mol. The minimum atomic E-state index is 0.884. The highest BCUT2D eigenvalue weighted by molar-refractivity contribution is 5.80. The normalized spacial score (nSPS) is 11.8. The lowest BCUT2D eigenvalue weighted by Crippen LogP contribution is -2.17. The molecule has 0 amide bonds. The van der Waals surface area contributed by atoms with E-state index in [0.717, 1.165) is 18.7 Å². The number of nitrogens with zero attached hydrogens (tertiary/aromatic N) is 1. The number of benzene rings is 2. The first kappa shape index (κ1) is 14.6. The number of fused-ring (bicyclic) bond motifs is 1. The Morgan fingerprint density at radius 2 is 1.82 bits per heavy atom. The molecule has 2 heteroatoms. The maximum atomic E-state index is 5.59. The molecule has 0 saturated heterocycles. The van der Waals surface area contributed by atoms with Gasteiger partial charge in [0.1, 0.15) is 5.58 Å². The summed E-state index contributed by atoms with van der Waals surface area (Å²) in [4.78, 5) is 2.28. The van der Waals surface area contributed by atoms with Crippen molar-refractivity contribution >= 4 is 17.0 Å². The predicted molar refractivity (Wildman–Crippen MR) is 92.8 cm³/mol. The first-order valence-electron chi connectivity index (χ1n) is 7.60. The molecule has 22 heavy (non-hydrogen) atoms. The van der Waals surface area contributed by atoms with E-state index in [1.807, 2.05) is 18.4 Å². The van der Waals surface area contributed by atoms with Gasteiger partial charge in [0.2, 0.25) is 0 Å². The second-order valence-corrected chi connectivity index (χ2v) is 5.71. The van der Waals surface area contributed by atoms with Gasteiger partial charge in [-0.1, -0.05) is 54.6 Å². The molecule has 0 radical (unpaired) electrons. The van der Waals surface area contributed by atoms with E-state index in [0.29, 0.717) is 0 Å². The fraction of sp³-hybridized carbons (Fsp3) is 0.200. The Bertz CT molecular complexity index is 785. The highest BCUT2D eigenvalue weighted by Crippen LogP contribution is 2.21. The minimum Gasteiger partial charge on any atom is -0.464 e. The quantitative estimate of drug-likeness (QED) is 0.665. The van der Waals surface area contributed by atoms with Gasteiger partial charge >= 0.3 is 0 Å². The number of likely N-dealkylation sites (N-methyl/N-ethyl adjacent to an activating group) is 1. The van der Waals surface area contributed by atoms with E-state index in [1.54, 1.807) is 0 Å². The van der Waals surface area contributed by atoms with Gasteiger partial charge in [-0.05, 0) is 31.2 Å². The molecule has 0 fully saturated rings. The van der Waals surface area contributed by atoms with E-state index in [9.17, 15) is 0 Å². The summed E-state index contributed by atoms with van der Waals surface area (Å²) in [6.45, 7) is 3.93. The second-order valence-electron chi connectivity index (χ2n) is 5.71. The topological polar surface area (TPSA) is 16.4 Å². The molecule has 3 rings (SSSR count). The molecule has 0 aliphatic heterocycles. The Morgan fingerprint density at radius 3 is 2.68 bits per heavy atom. The standard InChI is InChI=1S/C20H21NO/c1-16-8-3-4-9-17(16)10-7-13-21(2)14-18-15-22-20-12-6-5-11-19(18)20/h3-12,15H,13-14H2,1-2H3. The molecule has 0 atom stereocenters. The van der Waals surface area contributed by atoms with Crippen LogP contribution in [-0.2, 0) is 6.54 Å². The third-order valence-electron chi connectivity index (χ3n) is 3.90. The average Bonchev–Trinajstić information content (AvgIpc) is 2.92. The van der Waals surface area contributed by atoms with Crippen LogP contribution in [0.5, 0.6) is 0 Å². The van der Waals surface area contributed by atoms with Crippen LogP contribution in [-0.4, -0.2) is 18.5 Å². The van der Waals surface area contributed by atoms with Gasteiger partial charge in [-0.3, -0.25) is 4.90 Å². The van der Waals surface area contributed by atoms with Crippen LogP contribution in [0.25, 0.3) is 17.0 Å². The summed E-state index contributed by atoms with van der Waals surface area (Å²) in [5, 5.41) is 1.21. The molecule has 0 aliphatic rings. The molecule has 0 unspecified atom stereocenters. The summed E-state index contributed by atoms with van der Waals surface area (Å²) in [5.74, 6) is 0. The molecule has 1 aromatic heterocycles. The fourth-order valence-corrected chi connectivity index (χ4v) is 2.64. The van der Waals surface area contributed by atoms with Crippen LogP contribution in [0.3, 0.4) is 0 Å². The first-order valence-corrected chi connectivity index (χ1v) is 7.60. The van der Waals surface area contributed by atoms with Crippen molar-refractivity contribution in [1.82, 2.24) is 4.90 Å². The summed E-state index contributed by atoms with van der Waals surface area (Å²) in [5.41, 5.74) is 4.79. The zero-order valence-electron chi connectivity index (χ0n) is 13.1. The largest absolute Gasteiger partial charge is 0.464 e. The third-order valence-corrected chi connectivity index (χ3v) is 3.90. The van der Waals surface area contributed by atoms with Crippen LogP contribution >= 0.6 is 0 Å². The Balaban J connectivity index is 1.63. The molecule has 0 spiro atoms. The summed E-state index contributed by atoms with van der Waals surface area (Å²) in [7, 11) is 2.13. The minimum absolute atomic E-state index is 0.884. The van der Waals surface area contributed by atoms with Gasteiger partial charge in [-0.2, -0.15) is 0 Å². The number of furan rings is 1. The van der Waals surface area contributed by atoms with Gasteiger partial charge < -0.3 is 4.42 Å². The van der Waals surface area contributed by atoms with Crippen molar-refractivity contribution in [2.75, 3.05) is 13.6 Å². The van der Waals surface area contributed by atoms with Crippen molar-refractivity contribution in [1.29, 1.82) is 0 Å². The lowest BCUT2D eigenvalue weighted by atomic mass is 10.1. The predicted octanol–water partition coefficient (Wildman–Crippen LogP) is 4.89. The SMILES string of the molecule is Cc1ccccc1C=CCN(C)Cc1coc2ccccc12. The van der Waals surface area contributed by atoms with Gasteiger partial charge in [0.15, 0.2) is 0 Å². The summed E-state index contributed by atoms with van der Waals surface area (Å²) in [6, 6.07) is 16.6. The van der Waals surface area contributed by atoms with Crippen LogP contribution in [0.2, 0.25) is 0 Å². The molecule has 0 saturated carbocycles. The van der Waals surface area contributed by atoms with Gasteiger partial charge in [-0.15, -0.1) is 0 Å². The van der Waals surface area contributed by atoms with Gasteiger partial charge in [0.05, 0.1) is 6.26 Å². The fourth-order valence-electron chi connectivity index (χ4n) is 2.64. The van der Waals surface area contributed by atoms with E-state index < -0.39 is 0 Å². The van der Waals surface area contributed by atoms with Crippen LogP contribution in [0.4, 0.5) is 0 Å². The van der Waals surface area contributed by atoms with Crippen LogP contribution in [0, 0.1) is 6.92 Å². The lowest BCUT2D eigenvalue weighted by molar-refractivity contribution is 0.363. The first-order chi connectivity index (χ1) is 10.7. The third kappa shape index (κ3) is 3.29. The summed E-state index contributed by atoms with van der Waals surface area (Å²) in [6.07, 6.45) is 6.27. The Morgan fingerprint density at radius 1 is 1.05 bits per heavy atom. The molecule has 2 nitrogen and oxygen atoms in total. The zero-order chi connectivity index (χ0) is 15.4. The van der Waals surface area contributed by atoms with Crippen molar-refractivity contribution in [3.8, 4) is 0 Å². The molecule has 112 valence electrons. The van der Waals surface area contributed by atoms with Crippen molar-refractivity contribution in [3.05, 3.63) is 77.6 Å². The molecule has 1 heterocycles. The molecular formula is C20H21NO. The van der Waals surface area contributed by atoms with Crippen LogP contribution in [0.1, 0.15) is 16.7 Å². The van der Waals surface area contributed by atoms with Crippen LogP contribution < -0.4 is 0 Å². The van der Waals surface area contributed by atoms with Crippen LogP contribution in [0.15, 0.2) is 65.3 Å². The monoisotopic (exact) mass is 291 g/mol. The van der Waals surface area contributed by atoms with Gasteiger partial charge in [-0.25, -0.2) is 0 Å². The van der Waals surface area contributed by atoms with Gasteiger partial charge in [0, 0.05) is 24.0 Å². The van der Waals surface area contributed by atoms with E-state index in [4.69, 9.17) is 4.42 Å². The molecule has 0 aliphatic carbocycles. The van der Waals surface area contributed by atoms with E-state index in [1.165, 1.54) is 22.1 Å². The number of hydrogen-bond donors (Lipinski definition) is 0. The van der Waals surface area contributed by atoms with Crippen molar-refractivity contribution < 1.29 is 4.42 Å². The number of para-hydroxylation sites is 1. The second kappa shape index (κ2) is 6.63. The van der Waals surface area contributed by atoms with Crippen molar-refractivity contribution in [2.24, 2.45) is 0 Å². The van der Waals surface area contributed by atoms with E-state index in [-0.39, 0.29) is 0 Å². The smallest absolute Gasteiger partial charge is 0.134 e. The molecule has 0 N–H and O–H groups in total. The van der Waals surface area contributed by atoms with Gasteiger partial charge in [0.25, 0.3) is 0 Å². The van der Waals surface area contributed by atoms with Crippen molar-refractivity contribution in [3.63, 3.8) is 0 Å². The molecular weight excluding hydrogens is 270 g/mol. The summed E-state index contributed by atoms with van der Waals surface area (Å²) >= 11 is 0. The number of rotatable bonds is 5. The maximum Gasteiger partial charge on any atom is 0.134 e. The highest BCUT2D eigenvalue weighted by Gasteiger charge is 2.06. The highest BCUT2D eigenvalue weighted by atomic mass is 16.3. The number of aryl methyl sites for hydroxylation is 1. The van der Waals surface area contributed by atoms with Crippen molar-refractivity contribution in [2.45, 2.75) is 13.5 Å².